The highest BCUT2D eigenvalue weighted by molar-refractivity contribution is 5.76. The van der Waals surface area contributed by atoms with E-state index in [2.05, 4.69) is 38.1 Å². The van der Waals surface area contributed by atoms with E-state index in [-0.39, 0.29) is 12.3 Å². The molecule has 25 heavy (non-hydrogen) atoms. The SMILES string of the molecule is CC(C)c1ccc(CC2CCN(C(=O)CCCCC(=O)O)CC2)cc1. The zero-order valence-electron chi connectivity index (χ0n) is 15.5. The summed E-state index contributed by atoms with van der Waals surface area (Å²) in [6.07, 6.45) is 5.12. The van der Waals surface area contributed by atoms with Crippen LogP contribution in [0.15, 0.2) is 24.3 Å². The first-order valence-corrected chi connectivity index (χ1v) is 9.54. The van der Waals surface area contributed by atoms with Gasteiger partial charge >= 0.3 is 5.97 Å². The topological polar surface area (TPSA) is 57.6 Å². The van der Waals surface area contributed by atoms with Crippen LogP contribution < -0.4 is 0 Å². The number of carboxylic acid groups (broad SMARTS) is 1. The second kappa shape index (κ2) is 9.59. The van der Waals surface area contributed by atoms with Crippen molar-refractivity contribution in [1.82, 2.24) is 4.90 Å². The van der Waals surface area contributed by atoms with Crippen molar-refractivity contribution in [2.45, 2.75) is 64.7 Å². The molecule has 1 N–H and O–H groups in total. The van der Waals surface area contributed by atoms with E-state index in [4.69, 9.17) is 5.11 Å². The minimum absolute atomic E-state index is 0.158. The van der Waals surface area contributed by atoms with Gasteiger partial charge in [0.25, 0.3) is 0 Å². The number of hydrogen-bond acceptors (Lipinski definition) is 2. The number of benzene rings is 1. The van der Waals surface area contributed by atoms with Gasteiger partial charge in [-0.15, -0.1) is 0 Å². The summed E-state index contributed by atoms with van der Waals surface area (Å²) in [5, 5.41) is 8.62. The molecule has 4 nitrogen and oxygen atoms in total. The molecule has 0 aliphatic carbocycles. The molecule has 0 atom stereocenters. The van der Waals surface area contributed by atoms with E-state index < -0.39 is 5.97 Å². The molecule has 4 heteroatoms. The fraction of sp³-hybridized carbons (Fsp3) is 0.619. The smallest absolute Gasteiger partial charge is 0.303 e. The Balaban J connectivity index is 1.70. The van der Waals surface area contributed by atoms with Crippen molar-refractivity contribution in [2.24, 2.45) is 5.92 Å². The Morgan fingerprint density at radius 1 is 1.08 bits per heavy atom. The van der Waals surface area contributed by atoms with E-state index in [0.717, 1.165) is 32.4 Å². The van der Waals surface area contributed by atoms with Gasteiger partial charge in [-0.2, -0.15) is 0 Å². The minimum Gasteiger partial charge on any atom is -0.481 e. The Bertz CT molecular complexity index is 557. The zero-order chi connectivity index (χ0) is 18.2. The highest BCUT2D eigenvalue weighted by Crippen LogP contribution is 2.23. The van der Waals surface area contributed by atoms with Crippen LogP contribution in [0.2, 0.25) is 0 Å². The summed E-state index contributed by atoms with van der Waals surface area (Å²) in [7, 11) is 0. The standard InChI is InChI=1S/C21H31NO3/c1-16(2)19-9-7-17(8-10-19)15-18-11-13-22(14-12-18)20(23)5-3-4-6-21(24)25/h7-10,16,18H,3-6,11-15H2,1-2H3,(H,24,25). The van der Waals surface area contributed by atoms with Crippen LogP contribution in [0, 0.1) is 5.92 Å². The molecule has 1 aromatic rings. The molecule has 1 amide bonds. The molecule has 1 aliphatic rings. The second-order valence-corrected chi connectivity index (χ2v) is 7.53. The summed E-state index contributed by atoms with van der Waals surface area (Å²) in [6, 6.07) is 8.95. The van der Waals surface area contributed by atoms with E-state index >= 15 is 0 Å². The van der Waals surface area contributed by atoms with Crippen LogP contribution >= 0.6 is 0 Å². The maximum atomic E-state index is 12.2. The van der Waals surface area contributed by atoms with Crippen LogP contribution in [0.1, 0.15) is 69.4 Å². The summed E-state index contributed by atoms with van der Waals surface area (Å²) in [5.41, 5.74) is 2.77. The van der Waals surface area contributed by atoms with Crippen molar-refractivity contribution in [2.75, 3.05) is 13.1 Å². The molecule has 1 heterocycles. The second-order valence-electron chi connectivity index (χ2n) is 7.53. The van der Waals surface area contributed by atoms with Crippen LogP contribution in [0.5, 0.6) is 0 Å². The summed E-state index contributed by atoms with van der Waals surface area (Å²) >= 11 is 0. The third-order valence-corrected chi connectivity index (χ3v) is 5.17. The number of carboxylic acids is 1. The molecule has 0 saturated carbocycles. The maximum Gasteiger partial charge on any atom is 0.303 e. The number of carbonyl (C=O) groups is 2. The summed E-state index contributed by atoms with van der Waals surface area (Å²) in [6.45, 7) is 6.10. The van der Waals surface area contributed by atoms with Crippen molar-refractivity contribution in [3.8, 4) is 0 Å². The van der Waals surface area contributed by atoms with Crippen molar-refractivity contribution in [3.63, 3.8) is 0 Å². The number of hydrogen-bond donors (Lipinski definition) is 1. The van der Waals surface area contributed by atoms with Crippen molar-refractivity contribution in [3.05, 3.63) is 35.4 Å². The van der Waals surface area contributed by atoms with Crippen LogP contribution in [0.25, 0.3) is 0 Å². The van der Waals surface area contributed by atoms with Gasteiger partial charge in [0.15, 0.2) is 0 Å². The molecule has 0 unspecified atom stereocenters. The Morgan fingerprint density at radius 2 is 1.68 bits per heavy atom. The van der Waals surface area contributed by atoms with Crippen LogP contribution in [0.3, 0.4) is 0 Å². The number of likely N-dealkylation sites (tertiary alicyclic amines) is 1. The third kappa shape index (κ3) is 6.52. The fourth-order valence-electron chi connectivity index (χ4n) is 3.47. The monoisotopic (exact) mass is 345 g/mol. The first-order chi connectivity index (χ1) is 12.0. The molecular weight excluding hydrogens is 314 g/mol. The summed E-state index contributed by atoms with van der Waals surface area (Å²) in [5.74, 6) is 0.625. The van der Waals surface area contributed by atoms with Crippen LogP contribution in [-0.2, 0) is 16.0 Å². The Morgan fingerprint density at radius 3 is 2.24 bits per heavy atom. The lowest BCUT2D eigenvalue weighted by molar-refractivity contribution is -0.137. The molecule has 1 aliphatic heterocycles. The van der Waals surface area contributed by atoms with Crippen molar-refractivity contribution in [1.29, 1.82) is 0 Å². The van der Waals surface area contributed by atoms with Gasteiger partial charge in [-0.1, -0.05) is 38.1 Å². The number of unbranched alkanes of at least 4 members (excludes halogenated alkanes) is 1. The van der Waals surface area contributed by atoms with Gasteiger partial charge in [-0.05, 0) is 55.1 Å². The van der Waals surface area contributed by atoms with E-state index in [1.165, 1.54) is 11.1 Å². The van der Waals surface area contributed by atoms with Crippen molar-refractivity contribution >= 4 is 11.9 Å². The predicted molar refractivity (Wildman–Crippen MR) is 99.6 cm³/mol. The third-order valence-electron chi connectivity index (χ3n) is 5.17. The molecule has 0 aromatic heterocycles. The largest absolute Gasteiger partial charge is 0.481 e. The predicted octanol–water partition coefficient (Wildman–Crippen LogP) is 4.24. The zero-order valence-corrected chi connectivity index (χ0v) is 15.5. The van der Waals surface area contributed by atoms with Gasteiger partial charge in [-0.25, -0.2) is 0 Å². The molecule has 0 radical (unpaired) electrons. The molecule has 138 valence electrons. The fourth-order valence-corrected chi connectivity index (χ4v) is 3.47. The quantitative estimate of drug-likeness (QED) is 0.717. The molecule has 0 spiro atoms. The average Bonchev–Trinajstić information content (AvgIpc) is 2.59. The number of aliphatic carboxylic acids is 1. The average molecular weight is 345 g/mol. The molecule has 1 saturated heterocycles. The summed E-state index contributed by atoms with van der Waals surface area (Å²) in [4.78, 5) is 24.6. The lowest BCUT2D eigenvalue weighted by Crippen LogP contribution is -2.38. The lowest BCUT2D eigenvalue weighted by atomic mass is 9.89. The Kier molecular flexibility index (Phi) is 7.48. The highest BCUT2D eigenvalue weighted by Gasteiger charge is 2.22. The van der Waals surface area contributed by atoms with Gasteiger partial charge in [-0.3, -0.25) is 9.59 Å². The molecule has 1 aromatic carbocycles. The van der Waals surface area contributed by atoms with Crippen LogP contribution in [-0.4, -0.2) is 35.0 Å². The van der Waals surface area contributed by atoms with Gasteiger partial charge < -0.3 is 10.0 Å². The number of carbonyl (C=O) groups excluding carboxylic acids is 1. The van der Waals surface area contributed by atoms with E-state index in [1.54, 1.807) is 0 Å². The van der Waals surface area contributed by atoms with E-state index in [1.807, 2.05) is 4.90 Å². The summed E-state index contributed by atoms with van der Waals surface area (Å²) < 4.78 is 0. The molecule has 1 fully saturated rings. The number of rotatable bonds is 8. The normalized spacial score (nSPS) is 15.6. The maximum absolute atomic E-state index is 12.2. The van der Waals surface area contributed by atoms with Gasteiger partial charge in [0.05, 0.1) is 0 Å². The van der Waals surface area contributed by atoms with E-state index in [0.29, 0.717) is 31.1 Å². The first kappa shape index (κ1) is 19.5. The minimum atomic E-state index is -0.783. The lowest BCUT2D eigenvalue weighted by Gasteiger charge is -2.32. The van der Waals surface area contributed by atoms with Crippen LogP contribution in [0.4, 0.5) is 0 Å². The number of amides is 1. The highest BCUT2D eigenvalue weighted by atomic mass is 16.4. The van der Waals surface area contributed by atoms with Crippen molar-refractivity contribution < 1.29 is 14.7 Å². The molecule has 0 bridgehead atoms. The van der Waals surface area contributed by atoms with Gasteiger partial charge in [0.1, 0.15) is 0 Å². The molecular formula is C21H31NO3. The number of piperidine rings is 1. The van der Waals surface area contributed by atoms with Gasteiger partial charge in [0, 0.05) is 25.9 Å². The van der Waals surface area contributed by atoms with E-state index in [9.17, 15) is 9.59 Å². The first-order valence-electron chi connectivity index (χ1n) is 9.54. The molecule has 2 rings (SSSR count). The van der Waals surface area contributed by atoms with Gasteiger partial charge in [0.2, 0.25) is 5.91 Å². The number of nitrogens with zero attached hydrogens (tertiary/aromatic N) is 1. The Hall–Kier alpha value is -1.84. The Labute approximate surface area is 151 Å².